The standard InChI is InChI=1S/C9H11N/c1-2-9(10)8-6-4-3-5-7-8/h3-7,10H,2H2,1H3/b10-9-/i/hD. The summed E-state index contributed by atoms with van der Waals surface area (Å²) in [4.78, 5) is 0. The van der Waals surface area contributed by atoms with Crippen LogP contribution in [-0.4, -0.2) is 5.71 Å². The molecule has 0 radical (unpaired) electrons. The normalized spacial score (nSPS) is 12.9. The molecule has 0 aliphatic rings. The van der Waals surface area contributed by atoms with Crippen molar-refractivity contribution >= 4 is 5.71 Å². The Kier molecular flexibility index (Phi) is 1.79. The van der Waals surface area contributed by atoms with Gasteiger partial charge in [-0.25, -0.2) is 0 Å². The molecule has 0 saturated carbocycles. The van der Waals surface area contributed by atoms with Gasteiger partial charge < -0.3 is 5.40 Å². The second kappa shape index (κ2) is 3.16. The lowest BCUT2D eigenvalue weighted by molar-refractivity contribution is 1.24. The molecule has 0 fully saturated rings. The number of nitrogens with one attached hydrogen (secondary N) is 1. The van der Waals surface area contributed by atoms with Crippen LogP contribution in [0.3, 0.4) is 0 Å². The zero-order valence-electron chi connectivity index (χ0n) is 7.04. The highest BCUT2D eigenvalue weighted by atomic mass is 14.4. The van der Waals surface area contributed by atoms with Crippen molar-refractivity contribution in [2.75, 3.05) is 0 Å². The Morgan fingerprint density at radius 3 is 2.70 bits per heavy atom. The molecule has 0 amide bonds. The summed E-state index contributed by atoms with van der Waals surface area (Å²) in [5.74, 6) is 0. The Bertz CT molecular complexity index is 241. The van der Waals surface area contributed by atoms with Crippen molar-refractivity contribution in [1.82, 2.24) is 0 Å². The first-order chi connectivity index (χ1) is 5.38. The summed E-state index contributed by atoms with van der Waals surface area (Å²) in [6, 6.07) is 9.81. The topological polar surface area (TPSA) is 23.9 Å². The number of hydrogen-bond donors (Lipinski definition) is 1. The fraction of sp³-hybridized carbons (Fsp3) is 0.222. The van der Waals surface area contributed by atoms with Gasteiger partial charge in [-0.1, -0.05) is 37.3 Å². The van der Waals surface area contributed by atoms with E-state index in [-0.39, 0.29) is 0 Å². The lowest BCUT2D eigenvalue weighted by Gasteiger charge is -1.97. The lowest BCUT2D eigenvalue weighted by atomic mass is 10.1. The quantitative estimate of drug-likeness (QED) is 0.601. The molecule has 1 rings (SSSR count). The Morgan fingerprint density at radius 2 is 2.20 bits per heavy atom. The molecule has 1 N–H and O–H groups in total. The minimum absolute atomic E-state index is 0.813. The lowest BCUT2D eigenvalue weighted by Crippen LogP contribution is -1.94. The van der Waals surface area contributed by atoms with Gasteiger partial charge in [-0.05, 0) is 12.0 Å². The first kappa shape index (κ1) is 5.66. The molecular formula is C9H11N. The van der Waals surface area contributed by atoms with Crippen LogP contribution in [0.2, 0.25) is 1.41 Å². The highest BCUT2D eigenvalue weighted by Gasteiger charge is 1.93. The summed E-state index contributed by atoms with van der Waals surface area (Å²) in [6.45, 7) is 2.00. The van der Waals surface area contributed by atoms with Gasteiger partial charge in [0.25, 0.3) is 0 Å². The van der Waals surface area contributed by atoms with E-state index in [9.17, 15) is 0 Å². The van der Waals surface area contributed by atoms with Crippen LogP contribution >= 0.6 is 0 Å². The van der Waals surface area contributed by atoms with E-state index >= 15 is 0 Å². The molecular weight excluding hydrogens is 122 g/mol. The van der Waals surface area contributed by atoms with E-state index in [0.717, 1.165) is 17.7 Å². The fourth-order valence-electron chi connectivity index (χ4n) is 0.835. The van der Waals surface area contributed by atoms with E-state index in [1.807, 2.05) is 37.3 Å². The summed E-state index contributed by atoms with van der Waals surface area (Å²) in [5.41, 5.74) is 1.88. The molecule has 0 bridgehead atoms. The third kappa shape index (κ3) is 1.44. The Hall–Kier alpha value is -1.11. The van der Waals surface area contributed by atoms with Crippen LogP contribution in [0.1, 0.15) is 18.9 Å². The molecule has 0 unspecified atom stereocenters. The maximum Gasteiger partial charge on any atom is 0.187 e. The molecule has 0 aliphatic carbocycles. The fourth-order valence-corrected chi connectivity index (χ4v) is 0.835. The first-order valence-electron chi connectivity index (χ1n) is 3.89. The van der Waals surface area contributed by atoms with Crippen molar-refractivity contribution in [2.45, 2.75) is 13.3 Å². The summed E-state index contributed by atoms with van der Waals surface area (Å²) in [7, 11) is 0. The third-order valence-corrected chi connectivity index (χ3v) is 1.44. The van der Waals surface area contributed by atoms with Gasteiger partial charge in [0.1, 0.15) is 0 Å². The van der Waals surface area contributed by atoms with Crippen LogP contribution in [0, 0.1) is 5.40 Å². The Balaban J connectivity index is 2.92. The maximum atomic E-state index is 6.89. The van der Waals surface area contributed by atoms with Gasteiger partial charge >= 0.3 is 0 Å². The van der Waals surface area contributed by atoms with E-state index in [1.54, 1.807) is 0 Å². The molecule has 1 aromatic rings. The molecule has 1 nitrogen and oxygen atoms in total. The zero-order valence-corrected chi connectivity index (χ0v) is 6.04. The second-order valence-electron chi connectivity index (χ2n) is 2.17. The molecule has 0 aromatic heterocycles. The van der Waals surface area contributed by atoms with Crippen LogP contribution < -0.4 is 0 Å². The third-order valence-electron chi connectivity index (χ3n) is 1.44. The van der Waals surface area contributed by atoms with Gasteiger partial charge in [0.15, 0.2) is 1.41 Å². The molecule has 0 heterocycles. The minimum Gasteiger partial charge on any atom is -0.305 e. The molecule has 0 aliphatic heterocycles. The van der Waals surface area contributed by atoms with Crippen molar-refractivity contribution in [2.24, 2.45) is 0 Å². The number of hydrogen-bond acceptors (Lipinski definition) is 1. The van der Waals surface area contributed by atoms with Gasteiger partial charge in [0.05, 0.1) is 0 Å². The van der Waals surface area contributed by atoms with Gasteiger partial charge in [-0.2, -0.15) is 0 Å². The first-order valence-corrected chi connectivity index (χ1v) is 3.44. The highest BCUT2D eigenvalue weighted by Crippen LogP contribution is 2.01. The average Bonchev–Trinajstić information content (AvgIpc) is 2.09. The number of benzene rings is 1. The van der Waals surface area contributed by atoms with Gasteiger partial charge in [0, 0.05) is 5.71 Å². The van der Waals surface area contributed by atoms with Crippen molar-refractivity contribution in [3.8, 4) is 0 Å². The van der Waals surface area contributed by atoms with E-state index in [1.165, 1.54) is 0 Å². The largest absolute Gasteiger partial charge is 0.305 e. The smallest absolute Gasteiger partial charge is 0.187 e. The molecule has 1 heteroatoms. The van der Waals surface area contributed by atoms with E-state index < -0.39 is 0 Å². The monoisotopic (exact) mass is 134 g/mol. The van der Waals surface area contributed by atoms with E-state index in [4.69, 9.17) is 1.41 Å². The molecule has 52 valence electrons. The van der Waals surface area contributed by atoms with Crippen molar-refractivity contribution in [3.63, 3.8) is 0 Å². The molecule has 0 saturated heterocycles. The van der Waals surface area contributed by atoms with E-state index in [0.29, 0.717) is 0 Å². The minimum atomic E-state index is 0.813. The summed E-state index contributed by atoms with van der Waals surface area (Å²) in [6.07, 6.45) is 0.813. The number of rotatable bonds is 2. The Morgan fingerprint density at radius 1 is 1.50 bits per heavy atom. The van der Waals surface area contributed by atoms with Crippen molar-refractivity contribution < 1.29 is 1.41 Å². The summed E-state index contributed by atoms with van der Waals surface area (Å²) < 4.78 is 6.89. The van der Waals surface area contributed by atoms with Crippen LogP contribution in [0.15, 0.2) is 30.3 Å². The molecule has 1 aromatic carbocycles. The molecule has 0 atom stereocenters. The SMILES string of the molecule is [2H]/N=C(/CC)c1ccccc1. The van der Waals surface area contributed by atoms with Gasteiger partial charge in [-0.15, -0.1) is 0 Å². The molecule has 10 heavy (non-hydrogen) atoms. The zero-order chi connectivity index (χ0) is 8.10. The van der Waals surface area contributed by atoms with Crippen LogP contribution in [0.25, 0.3) is 0 Å². The summed E-state index contributed by atoms with van der Waals surface area (Å²) in [5, 5.41) is 3.44. The van der Waals surface area contributed by atoms with Crippen LogP contribution in [0.4, 0.5) is 0 Å². The highest BCUT2D eigenvalue weighted by molar-refractivity contribution is 5.97. The van der Waals surface area contributed by atoms with Crippen LogP contribution in [-0.2, 0) is 0 Å². The summed E-state index contributed by atoms with van der Waals surface area (Å²) >= 11 is 0. The predicted molar refractivity (Wildman–Crippen MR) is 43.6 cm³/mol. The van der Waals surface area contributed by atoms with Gasteiger partial charge in [-0.3, -0.25) is 0 Å². The average molecular weight is 134 g/mol. The van der Waals surface area contributed by atoms with Crippen molar-refractivity contribution in [1.29, 1.82) is 5.40 Å². The van der Waals surface area contributed by atoms with Crippen molar-refractivity contribution in [3.05, 3.63) is 35.9 Å². The predicted octanol–water partition coefficient (Wildman–Crippen LogP) is 2.46. The van der Waals surface area contributed by atoms with Crippen LogP contribution in [0.5, 0.6) is 0 Å². The van der Waals surface area contributed by atoms with Gasteiger partial charge in [0.2, 0.25) is 0 Å². The maximum absolute atomic E-state index is 6.89. The molecule has 0 spiro atoms. The second-order valence-corrected chi connectivity index (χ2v) is 2.17. The van der Waals surface area contributed by atoms with E-state index in [2.05, 4.69) is 5.40 Å². The Labute approximate surface area is 62.7 Å².